The molecule has 0 aromatic heterocycles. The summed E-state index contributed by atoms with van der Waals surface area (Å²) in [6.45, 7) is 9.53. The van der Waals surface area contributed by atoms with Crippen molar-refractivity contribution in [3.63, 3.8) is 0 Å². The quantitative estimate of drug-likeness (QED) is 0.0920. The molecule has 0 fully saturated rings. The SMILES string of the molecule is CCCCCCCCOc1ccc(-c2ccc(COc3ccc4cc([C@H](C)C(=O)OC(CC)CC)ccc4c3)cc2)cc1. The average Bonchev–Trinajstić information content (AvgIpc) is 3.05. The molecule has 43 heavy (non-hydrogen) atoms. The Bertz CT molecular complexity index is 1400. The van der Waals surface area contributed by atoms with E-state index < -0.39 is 0 Å². The van der Waals surface area contributed by atoms with Gasteiger partial charge >= 0.3 is 5.97 Å². The molecule has 4 aromatic rings. The number of rotatable bonds is 17. The Kier molecular flexibility index (Phi) is 12.5. The van der Waals surface area contributed by atoms with Gasteiger partial charge in [-0.3, -0.25) is 4.79 Å². The van der Waals surface area contributed by atoms with Crippen LogP contribution in [0.25, 0.3) is 21.9 Å². The Morgan fingerprint density at radius 2 is 1.26 bits per heavy atom. The van der Waals surface area contributed by atoms with Crippen molar-refractivity contribution in [2.75, 3.05) is 6.61 Å². The molecule has 4 heteroatoms. The van der Waals surface area contributed by atoms with Crippen LogP contribution in [0.15, 0.2) is 84.9 Å². The minimum atomic E-state index is -0.301. The number of hydrogen-bond acceptors (Lipinski definition) is 4. The Labute approximate surface area is 258 Å². The Balaban J connectivity index is 1.27. The highest BCUT2D eigenvalue weighted by molar-refractivity contribution is 5.86. The fourth-order valence-electron chi connectivity index (χ4n) is 5.24. The van der Waals surface area contributed by atoms with Crippen LogP contribution in [-0.2, 0) is 16.1 Å². The molecule has 0 amide bonds. The second kappa shape index (κ2) is 16.7. The number of benzene rings is 4. The van der Waals surface area contributed by atoms with Crippen molar-refractivity contribution in [2.45, 2.75) is 97.7 Å². The summed E-state index contributed by atoms with van der Waals surface area (Å²) in [5.41, 5.74) is 4.42. The second-order valence-electron chi connectivity index (χ2n) is 11.5. The van der Waals surface area contributed by atoms with Crippen LogP contribution in [0.4, 0.5) is 0 Å². The zero-order valence-electron chi connectivity index (χ0n) is 26.4. The van der Waals surface area contributed by atoms with Crippen LogP contribution in [0, 0.1) is 0 Å². The number of carbonyl (C=O) groups excluding carboxylic acids is 1. The third-order valence-electron chi connectivity index (χ3n) is 8.20. The Morgan fingerprint density at radius 3 is 1.95 bits per heavy atom. The van der Waals surface area contributed by atoms with Gasteiger partial charge in [0.05, 0.1) is 12.5 Å². The van der Waals surface area contributed by atoms with Crippen molar-refractivity contribution in [3.8, 4) is 22.6 Å². The smallest absolute Gasteiger partial charge is 0.313 e. The molecular formula is C39H48O4. The van der Waals surface area contributed by atoms with E-state index in [0.717, 1.165) is 59.3 Å². The third-order valence-corrected chi connectivity index (χ3v) is 8.20. The maximum atomic E-state index is 12.6. The molecule has 1 atom stereocenters. The van der Waals surface area contributed by atoms with Crippen molar-refractivity contribution in [1.29, 1.82) is 0 Å². The number of fused-ring (bicyclic) bond motifs is 1. The van der Waals surface area contributed by atoms with Gasteiger partial charge in [-0.1, -0.05) is 114 Å². The topological polar surface area (TPSA) is 44.8 Å². The number of carbonyl (C=O) groups is 1. The van der Waals surface area contributed by atoms with E-state index in [1.807, 2.05) is 32.9 Å². The van der Waals surface area contributed by atoms with Crippen LogP contribution in [0.1, 0.15) is 96.1 Å². The van der Waals surface area contributed by atoms with Crippen LogP contribution < -0.4 is 9.47 Å². The number of esters is 1. The lowest BCUT2D eigenvalue weighted by molar-refractivity contribution is -0.150. The van der Waals surface area contributed by atoms with E-state index in [2.05, 4.69) is 79.7 Å². The van der Waals surface area contributed by atoms with Gasteiger partial charge in [-0.25, -0.2) is 0 Å². The second-order valence-corrected chi connectivity index (χ2v) is 11.5. The summed E-state index contributed by atoms with van der Waals surface area (Å²) in [7, 11) is 0. The minimum Gasteiger partial charge on any atom is -0.494 e. The molecular weight excluding hydrogens is 532 g/mol. The molecule has 0 aliphatic heterocycles. The normalized spacial score (nSPS) is 11.9. The predicted molar refractivity (Wildman–Crippen MR) is 178 cm³/mol. The molecule has 0 saturated carbocycles. The van der Waals surface area contributed by atoms with E-state index in [9.17, 15) is 4.79 Å². The first-order valence-corrected chi connectivity index (χ1v) is 16.2. The van der Waals surface area contributed by atoms with Gasteiger partial charge < -0.3 is 14.2 Å². The average molecular weight is 581 g/mol. The van der Waals surface area contributed by atoms with Gasteiger partial charge in [0.15, 0.2) is 0 Å². The predicted octanol–water partition coefficient (Wildman–Crippen LogP) is 10.7. The minimum absolute atomic E-state index is 0.0164. The van der Waals surface area contributed by atoms with Gasteiger partial charge in [0.1, 0.15) is 24.2 Å². The molecule has 228 valence electrons. The molecule has 0 spiro atoms. The van der Waals surface area contributed by atoms with Gasteiger partial charge in [-0.15, -0.1) is 0 Å². The van der Waals surface area contributed by atoms with E-state index in [0.29, 0.717) is 6.61 Å². The summed E-state index contributed by atoms with van der Waals surface area (Å²) < 4.78 is 17.7. The first-order chi connectivity index (χ1) is 21.0. The Morgan fingerprint density at radius 1 is 0.651 bits per heavy atom. The molecule has 4 aromatic carbocycles. The lowest BCUT2D eigenvalue weighted by Gasteiger charge is -2.18. The van der Waals surface area contributed by atoms with Crippen LogP contribution >= 0.6 is 0 Å². The number of hydrogen-bond donors (Lipinski definition) is 0. The van der Waals surface area contributed by atoms with Crippen molar-refractivity contribution in [3.05, 3.63) is 96.1 Å². The summed E-state index contributed by atoms with van der Waals surface area (Å²) in [4.78, 5) is 12.6. The fourth-order valence-corrected chi connectivity index (χ4v) is 5.24. The standard InChI is InChI=1S/C39H48O4/c1-5-8-9-10-11-12-25-41-37-22-19-32(20-23-37)31-15-13-30(14-16-31)28-42-38-24-21-34-26-33(17-18-35(34)27-38)29(4)39(40)43-36(6-2)7-3/h13-24,26-27,29,36H,5-12,25,28H2,1-4H3/t29-/m0/s1. The van der Waals surface area contributed by atoms with Crippen molar-refractivity contribution >= 4 is 16.7 Å². The third kappa shape index (κ3) is 9.61. The van der Waals surface area contributed by atoms with E-state index >= 15 is 0 Å². The fraction of sp³-hybridized carbons (Fsp3) is 0.410. The summed E-state index contributed by atoms with van der Waals surface area (Å²) in [6, 6.07) is 29.1. The zero-order valence-corrected chi connectivity index (χ0v) is 26.4. The monoisotopic (exact) mass is 580 g/mol. The summed E-state index contributed by atoms with van der Waals surface area (Å²) in [5.74, 6) is 1.29. The molecule has 0 N–H and O–H groups in total. The van der Waals surface area contributed by atoms with Crippen LogP contribution in [0.5, 0.6) is 11.5 Å². The van der Waals surface area contributed by atoms with Crippen molar-refractivity contribution in [1.82, 2.24) is 0 Å². The van der Waals surface area contributed by atoms with Gasteiger partial charge in [-0.05, 0) is 83.5 Å². The highest BCUT2D eigenvalue weighted by Crippen LogP contribution is 2.28. The van der Waals surface area contributed by atoms with E-state index in [4.69, 9.17) is 14.2 Å². The molecule has 0 unspecified atom stereocenters. The van der Waals surface area contributed by atoms with Crippen molar-refractivity contribution < 1.29 is 19.0 Å². The maximum Gasteiger partial charge on any atom is 0.313 e. The van der Waals surface area contributed by atoms with Gasteiger partial charge in [0.25, 0.3) is 0 Å². The highest BCUT2D eigenvalue weighted by atomic mass is 16.5. The molecule has 0 aliphatic carbocycles. The van der Waals surface area contributed by atoms with Crippen molar-refractivity contribution in [2.24, 2.45) is 0 Å². The molecule has 0 radical (unpaired) electrons. The molecule has 4 rings (SSSR count). The van der Waals surface area contributed by atoms with Gasteiger partial charge in [0, 0.05) is 0 Å². The largest absolute Gasteiger partial charge is 0.494 e. The van der Waals surface area contributed by atoms with Crippen LogP contribution in [0.2, 0.25) is 0 Å². The Hall–Kier alpha value is -3.79. The summed E-state index contributed by atoms with van der Waals surface area (Å²) in [6.07, 6.45) is 9.27. The van der Waals surface area contributed by atoms with Gasteiger partial charge in [-0.2, -0.15) is 0 Å². The van der Waals surface area contributed by atoms with E-state index in [1.165, 1.54) is 43.2 Å². The van der Waals surface area contributed by atoms with Gasteiger partial charge in [0.2, 0.25) is 0 Å². The maximum absolute atomic E-state index is 12.6. The number of ether oxygens (including phenoxy) is 3. The lowest BCUT2D eigenvalue weighted by Crippen LogP contribution is -2.20. The lowest BCUT2D eigenvalue weighted by atomic mass is 9.97. The van der Waals surface area contributed by atoms with Crippen LogP contribution in [0.3, 0.4) is 0 Å². The first-order valence-electron chi connectivity index (χ1n) is 16.2. The zero-order chi connectivity index (χ0) is 30.4. The van der Waals surface area contributed by atoms with E-state index in [1.54, 1.807) is 0 Å². The molecule has 4 nitrogen and oxygen atoms in total. The first kappa shape index (κ1) is 32.1. The van der Waals surface area contributed by atoms with E-state index in [-0.39, 0.29) is 18.0 Å². The summed E-state index contributed by atoms with van der Waals surface area (Å²) >= 11 is 0. The molecule has 0 bridgehead atoms. The highest BCUT2D eigenvalue weighted by Gasteiger charge is 2.20. The summed E-state index contributed by atoms with van der Waals surface area (Å²) in [5, 5.41) is 2.16. The number of unbranched alkanes of at least 4 members (excludes halogenated alkanes) is 5. The molecule has 0 saturated heterocycles. The van der Waals surface area contributed by atoms with Crippen LogP contribution in [-0.4, -0.2) is 18.7 Å². The molecule has 0 aliphatic rings. The molecule has 0 heterocycles.